The molecular weight excluding hydrogens is 259 g/mol. The lowest BCUT2D eigenvalue weighted by Gasteiger charge is -2.36. The zero-order valence-electron chi connectivity index (χ0n) is 11.7. The molecule has 1 amide bonds. The minimum Gasteiger partial charge on any atom is -0.493 e. The van der Waals surface area contributed by atoms with Gasteiger partial charge in [-0.1, -0.05) is 0 Å². The van der Waals surface area contributed by atoms with Crippen molar-refractivity contribution in [2.75, 3.05) is 13.2 Å². The van der Waals surface area contributed by atoms with Crippen LogP contribution in [0.4, 0.5) is 4.39 Å². The summed E-state index contributed by atoms with van der Waals surface area (Å²) >= 11 is 0. The summed E-state index contributed by atoms with van der Waals surface area (Å²) in [5.41, 5.74) is 5.88. The minimum atomic E-state index is -0.299. The molecular formula is C15H21FN2O2. The van der Waals surface area contributed by atoms with E-state index in [0.717, 1.165) is 19.4 Å². The van der Waals surface area contributed by atoms with Crippen LogP contribution in [0.25, 0.3) is 0 Å². The van der Waals surface area contributed by atoms with Gasteiger partial charge in [-0.25, -0.2) is 4.39 Å². The molecule has 1 aliphatic rings. The Morgan fingerprint density at radius 3 is 2.80 bits per heavy atom. The number of likely N-dealkylation sites (tertiary alicyclic amines) is 1. The molecule has 20 heavy (non-hydrogen) atoms. The van der Waals surface area contributed by atoms with Gasteiger partial charge in [-0.3, -0.25) is 4.79 Å². The second-order valence-corrected chi connectivity index (χ2v) is 5.27. The molecule has 1 fully saturated rings. The molecule has 2 rings (SSSR count). The number of rotatable bonds is 4. The van der Waals surface area contributed by atoms with Gasteiger partial charge < -0.3 is 15.4 Å². The maximum Gasteiger partial charge on any atom is 0.226 e. The summed E-state index contributed by atoms with van der Waals surface area (Å²) in [6, 6.07) is 6.18. The van der Waals surface area contributed by atoms with E-state index in [0.29, 0.717) is 18.8 Å². The Bertz CT molecular complexity index is 450. The summed E-state index contributed by atoms with van der Waals surface area (Å²) in [5.74, 6) is 0.367. The number of ether oxygens (including phenoxy) is 1. The van der Waals surface area contributed by atoms with Gasteiger partial charge in [0.25, 0.3) is 0 Å². The summed E-state index contributed by atoms with van der Waals surface area (Å²) in [7, 11) is 0. The van der Waals surface area contributed by atoms with Crippen molar-refractivity contribution in [2.24, 2.45) is 5.73 Å². The molecule has 1 aromatic rings. The zero-order chi connectivity index (χ0) is 14.5. The van der Waals surface area contributed by atoms with Gasteiger partial charge >= 0.3 is 0 Å². The highest BCUT2D eigenvalue weighted by Gasteiger charge is 2.26. The van der Waals surface area contributed by atoms with E-state index in [-0.39, 0.29) is 23.8 Å². The van der Waals surface area contributed by atoms with Crippen LogP contribution < -0.4 is 10.5 Å². The number of amides is 1. The predicted molar refractivity (Wildman–Crippen MR) is 74.9 cm³/mol. The topological polar surface area (TPSA) is 55.6 Å². The number of benzene rings is 1. The number of nitrogens with two attached hydrogens (primary N) is 1. The molecule has 0 radical (unpaired) electrons. The SMILES string of the molecule is C[C@@H]1C[C@@H](N)CCN1C(=O)CCOc1ccc(F)cc1. The van der Waals surface area contributed by atoms with Crippen molar-refractivity contribution in [1.29, 1.82) is 0 Å². The second-order valence-electron chi connectivity index (χ2n) is 5.27. The molecule has 110 valence electrons. The molecule has 4 nitrogen and oxygen atoms in total. The van der Waals surface area contributed by atoms with Crippen molar-refractivity contribution in [1.82, 2.24) is 4.90 Å². The minimum absolute atomic E-state index is 0.0894. The number of hydrogen-bond acceptors (Lipinski definition) is 3. The fourth-order valence-electron chi connectivity index (χ4n) is 2.51. The summed E-state index contributed by atoms with van der Waals surface area (Å²) in [5, 5.41) is 0. The average molecular weight is 280 g/mol. The Labute approximate surface area is 118 Å². The van der Waals surface area contributed by atoms with Gasteiger partial charge in [-0.05, 0) is 44.0 Å². The summed E-state index contributed by atoms with van der Waals surface area (Å²) < 4.78 is 18.2. The maximum absolute atomic E-state index is 12.7. The van der Waals surface area contributed by atoms with Crippen LogP contribution in [0.5, 0.6) is 5.75 Å². The standard InChI is InChI=1S/C15H21FN2O2/c1-11-10-13(17)6-8-18(11)15(19)7-9-20-14-4-2-12(16)3-5-14/h2-5,11,13H,6-10,17H2,1H3/t11-,13+/m1/s1. The Kier molecular flexibility index (Phi) is 4.95. The van der Waals surface area contributed by atoms with E-state index in [1.807, 2.05) is 11.8 Å². The second kappa shape index (κ2) is 6.70. The number of piperidine rings is 1. The summed E-state index contributed by atoms with van der Waals surface area (Å²) in [6.45, 7) is 3.05. The molecule has 1 aliphatic heterocycles. The molecule has 5 heteroatoms. The van der Waals surface area contributed by atoms with Crippen LogP contribution in [0.2, 0.25) is 0 Å². The number of nitrogens with zero attached hydrogens (tertiary/aromatic N) is 1. The average Bonchev–Trinajstić information content (AvgIpc) is 2.41. The monoisotopic (exact) mass is 280 g/mol. The van der Waals surface area contributed by atoms with Crippen LogP contribution in [-0.2, 0) is 4.79 Å². The molecule has 0 unspecified atom stereocenters. The van der Waals surface area contributed by atoms with Crippen molar-refractivity contribution in [3.63, 3.8) is 0 Å². The quantitative estimate of drug-likeness (QED) is 0.917. The van der Waals surface area contributed by atoms with Gasteiger partial charge in [0.1, 0.15) is 11.6 Å². The lowest BCUT2D eigenvalue weighted by atomic mass is 9.99. The molecule has 0 aliphatic carbocycles. The van der Waals surface area contributed by atoms with Gasteiger partial charge in [0.2, 0.25) is 5.91 Å². The number of hydrogen-bond donors (Lipinski definition) is 1. The van der Waals surface area contributed by atoms with Crippen LogP contribution in [0.3, 0.4) is 0 Å². The van der Waals surface area contributed by atoms with Gasteiger partial charge in [-0.15, -0.1) is 0 Å². The highest BCUT2D eigenvalue weighted by molar-refractivity contribution is 5.76. The van der Waals surface area contributed by atoms with Crippen LogP contribution in [-0.4, -0.2) is 36.0 Å². The van der Waals surface area contributed by atoms with Crippen LogP contribution in [0.1, 0.15) is 26.2 Å². The molecule has 0 aromatic heterocycles. The first-order valence-electron chi connectivity index (χ1n) is 6.99. The Balaban J connectivity index is 1.76. The van der Waals surface area contributed by atoms with E-state index in [2.05, 4.69) is 0 Å². The molecule has 1 aromatic carbocycles. The zero-order valence-corrected chi connectivity index (χ0v) is 11.7. The first-order chi connectivity index (χ1) is 9.56. The highest BCUT2D eigenvalue weighted by Crippen LogP contribution is 2.17. The van der Waals surface area contributed by atoms with Crippen molar-refractivity contribution in [3.8, 4) is 5.75 Å². The summed E-state index contributed by atoms with van der Waals surface area (Å²) in [6.07, 6.45) is 2.04. The summed E-state index contributed by atoms with van der Waals surface area (Å²) in [4.78, 5) is 14.0. The van der Waals surface area contributed by atoms with E-state index in [1.54, 1.807) is 12.1 Å². The van der Waals surface area contributed by atoms with E-state index in [4.69, 9.17) is 10.5 Å². The Morgan fingerprint density at radius 2 is 2.15 bits per heavy atom. The van der Waals surface area contributed by atoms with Crippen LogP contribution >= 0.6 is 0 Å². The van der Waals surface area contributed by atoms with Crippen LogP contribution in [0, 0.1) is 5.82 Å². The Morgan fingerprint density at radius 1 is 1.45 bits per heavy atom. The molecule has 1 heterocycles. The molecule has 0 saturated carbocycles. The fourth-order valence-corrected chi connectivity index (χ4v) is 2.51. The molecule has 0 spiro atoms. The number of carbonyl (C=O) groups is 1. The smallest absolute Gasteiger partial charge is 0.226 e. The number of carbonyl (C=O) groups excluding carboxylic acids is 1. The first kappa shape index (κ1) is 14.8. The fraction of sp³-hybridized carbons (Fsp3) is 0.533. The molecule has 0 bridgehead atoms. The Hall–Kier alpha value is -1.62. The third-order valence-electron chi connectivity index (χ3n) is 3.64. The van der Waals surface area contributed by atoms with Crippen molar-refractivity contribution < 1.29 is 13.9 Å². The van der Waals surface area contributed by atoms with E-state index >= 15 is 0 Å². The molecule has 2 atom stereocenters. The van der Waals surface area contributed by atoms with E-state index in [9.17, 15) is 9.18 Å². The third kappa shape index (κ3) is 3.93. The largest absolute Gasteiger partial charge is 0.493 e. The van der Waals surface area contributed by atoms with E-state index in [1.165, 1.54) is 12.1 Å². The highest BCUT2D eigenvalue weighted by atomic mass is 19.1. The lowest BCUT2D eigenvalue weighted by Crippen LogP contribution is -2.48. The molecule has 1 saturated heterocycles. The van der Waals surface area contributed by atoms with Gasteiger partial charge in [0.15, 0.2) is 0 Å². The van der Waals surface area contributed by atoms with Crippen molar-refractivity contribution in [3.05, 3.63) is 30.1 Å². The van der Waals surface area contributed by atoms with Crippen LogP contribution in [0.15, 0.2) is 24.3 Å². The molecule has 2 N–H and O–H groups in total. The normalized spacial score (nSPS) is 22.6. The van der Waals surface area contributed by atoms with Crippen molar-refractivity contribution in [2.45, 2.75) is 38.3 Å². The third-order valence-corrected chi connectivity index (χ3v) is 3.64. The van der Waals surface area contributed by atoms with Gasteiger partial charge in [0.05, 0.1) is 13.0 Å². The predicted octanol–water partition coefficient (Wildman–Crippen LogP) is 1.93. The maximum atomic E-state index is 12.7. The van der Waals surface area contributed by atoms with E-state index < -0.39 is 0 Å². The number of halogens is 1. The lowest BCUT2D eigenvalue weighted by molar-refractivity contribution is -0.135. The van der Waals surface area contributed by atoms with Gasteiger partial charge in [-0.2, -0.15) is 0 Å². The first-order valence-corrected chi connectivity index (χ1v) is 6.99. The van der Waals surface area contributed by atoms with Gasteiger partial charge in [0, 0.05) is 18.6 Å². The van der Waals surface area contributed by atoms with Crippen molar-refractivity contribution >= 4 is 5.91 Å².